The fraction of sp³-hybridized carbons (Fsp3) is 0.444. The number of benzene rings is 1. The van der Waals surface area contributed by atoms with Crippen LogP contribution in [0.25, 0.3) is 0 Å². The number of carbonyl (C=O) groups is 1. The molecule has 140 valence electrons. The van der Waals surface area contributed by atoms with Crippen LogP contribution in [0.15, 0.2) is 18.2 Å². The van der Waals surface area contributed by atoms with Gasteiger partial charge >= 0.3 is 0 Å². The van der Waals surface area contributed by atoms with E-state index in [2.05, 4.69) is 10.2 Å². The molecule has 26 heavy (non-hydrogen) atoms. The second-order valence-electron chi connectivity index (χ2n) is 6.33. The summed E-state index contributed by atoms with van der Waals surface area (Å²) in [6.45, 7) is 1.17. The third kappa shape index (κ3) is 3.72. The largest absolute Gasteiger partial charge is 0.331 e. The van der Waals surface area contributed by atoms with E-state index in [0.29, 0.717) is 5.02 Å². The molecule has 1 aliphatic carbocycles. The molecule has 1 N–H and O–H groups in total. The van der Waals surface area contributed by atoms with E-state index in [1.54, 1.807) is 12.1 Å². The fourth-order valence-electron chi connectivity index (χ4n) is 3.05. The van der Waals surface area contributed by atoms with Crippen molar-refractivity contribution in [3.63, 3.8) is 0 Å². The Morgan fingerprint density at radius 3 is 2.69 bits per heavy atom. The maximum absolute atomic E-state index is 13.2. The Morgan fingerprint density at radius 1 is 1.38 bits per heavy atom. The molecular formula is C18H19ClF3N3O. The molecule has 4 nitrogen and oxygen atoms in total. The maximum atomic E-state index is 13.2. The first-order valence-corrected chi connectivity index (χ1v) is 8.83. The van der Waals surface area contributed by atoms with Crippen molar-refractivity contribution >= 4 is 17.5 Å². The number of alkyl halides is 3. The van der Waals surface area contributed by atoms with Crippen molar-refractivity contribution < 1.29 is 18.0 Å². The Balaban J connectivity index is 1.96. The highest BCUT2D eigenvalue weighted by atomic mass is 35.5. The molecule has 0 aliphatic heterocycles. The number of hydrogen-bond acceptors (Lipinski definition) is 2. The van der Waals surface area contributed by atoms with Crippen molar-refractivity contribution in [1.29, 1.82) is 0 Å². The third-order valence-corrected chi connectivity index (χ3v) is 4.80. The summed E-state index contributed by atoms with van der Waals surface area (Å²) in [4.78, 5) is 14.5. The molecule has 1 heterocycles. The van der Waals surface area contributed by atoms with Crippen molar-refractivity contribution in [2.45, 2.75) is 51.9 Å². The predicted octanol–water partition coefficient (Wildman–Crippen LogP) is 4.84. The monoisotopic (exact) mass is 385 g/mol. The van der Waals surface area contributed by atoms with Gasteiger partial charge in [0, 0.05) is 17.6 Å². The van der Waals surface area contributed by atoms with E-state index in [0.717, 1.165) is 30.4 Å². The number of rotatable bonds is 7. The van der Waals surface area contributed by atoms with Crippen LogP contribution >= 0.6 is 11.6 Å². The molecule has 0 unspecified atom stereocenters. The molecule has 3 rings (SSSR count). The first-order valence-electron chi connectivity index (χ1n) is 8.45. The van der Waals surface area contributed by atoms with Crippen LogP contribution in [0.5, 0.6) is 0 Å². The van der Waals surface area contributed by atoms with Gasteiger partial charge in [0.05, 0.1) is 11.3 Å². The molecule has 1 saturated carbocycles. The van der Waals surface area contributed by atoms with Gasteiger partial charge in [-0.15, -0.1) is 0 Å². The first-order chi connectivity index (χ1) is 12.5. The lowest BCUT2D eigenvalue weighted by atomic mass is 10.0. The zero-order chi connectivity index (χ0) is 18.8. The summed E-state index contributed by atoms with van der Waals surface area (Å²) >= 11 is 6.08. The van der Waals surface area contributed by atoms with Crippen LogP contribution in [0.2, 0.25) is 5.02 Å². The Bertz CT molecular complexity index is 805. The van der Waals surface area contributed by atoms with Gasteiger partial charge < -0.3 is 4.90 Å². The zero-order valence-electron chi connectivity index (χ0n) is 14.2. The smallest absolute Gasteiger partial charge is 0.282 e. The molecule has 1 fully saturated rings. The van der Waals surface area contributed by atoms with Gasteiger partial charge in [0.15, 0.2) is 0 Å². The molecule has 0 atom stereocenters. The normalized spacial score (nSPS) is 14.1. The highest BCUT2D eigenvalue weighted by Crippen LogP contribution is 2.33. The minimum Gasteiger partial charge on any atom is -0.331 e. The quantitative estimate of drug-likeness (QED) is 0.741. The lowest BCUT2D eigenvalue weighted by molar-refractivity contribution is 0.0715. The van der Waals surface area contributed by atoms with Crippen LogP contribution in [-0.2, 0) is 19.6 Å². The molecule has 1 aromatic heterocycles. The average Bonchev–Trinajstić information content (AvgIpc) is 3.36. The molecule has 0 spiro atoms. The molecule has 0 radical (unpaired) electrons. The summed E-state index contributed by atoms with van der Waals surface area (Å²) in [6, 6.07) is 5.41. The Hall–Kier alpha value is -2.02. The summed E-state index contributed by atoms with van der Waals surface area (Å²) in [5, 5.41) is 6.21. The average molecular weight is 386 g/mol. The van der Waals surface area contributed by atoms with Crippen molar-refractivity contribution in [1.82, 2.24) is 15.1 Å². The maximum Gasteiger partial charge on any atom is 0.282 e. The molecule has 1 amide bonds. The van der Waals surface area contributed by atoms with Crippen LogP contribution in [-0.4, -0.2) is 27.0 Å². The zero-order valence-corrected chi connectivity index (χ0v) is 15.0. The molecule has 8 heteroatoms. The number of aryl methyl sites for hydroxylation is 1. The molecule has 0 saturated heterocycles. The number of carbonyl (C=O) groups excluding carboxylic acids is 1. The second-order valence-corrected chi connectivity index (χ2v) is 6.76. The lowest BCUT2D eigenvalue weighted by Gasteiger charge is -2.24. The van der Waals surface area contributed by atoms with Crippen LogP contribution < -0.4 is 0 Å². The van der Waals surface area contributed by atoms with Crippen LogP contribution in [0.4, 0.5) is 13.2 Å². The summed E-state index contributed by atoms with van der Waals surface area (Å²) in [5.74, 6) is -0.619. The summed E-state index contributed by atoms with van der Waals surface area (Å²) in [6.07, 6.45) is -0.617. The first kappa shape index (κ1) is 18.8. The molecule has 2 aromatic rings. The van der Waals surface area contributed by atoms with Crippen LogP contribution in [0, 0.1) is 0 Å². The number of nitrogens with zero attached hydrogens (tertiary/aromatic N) is 2. The minimum absolute atomic E-state index is 0.0425. The Kier molecular flexibility index (Phi) is 5.55. The number of amides is 1. The Labute approximate surface area is 154 Å². The van der Waals surface area contributed by atoms with Crippen molar-refractivity contribution in [2.75, 3.05) is 0 Å². The molecule has 1 aromatic carbocycles. The van der Waals surface area contributed by atoms with Gasteiger partial charge in [-0.25, -0.2) is 13.2 Å². The van der Waals surface area contributed by atoms with E-state index < -0.39 is 24.7 Å². The highest BCUT2D eigenvalue weighted by Gasteiger charge is 2.37. The fourth-order valence-corrected chi connectivity index (χ4v) is 3.25. The molecule has 1 aliphatic rings. The van der Waals surface area contributed by atoms with Gasteiger partial charge in [-0.2, -0.15) is 5.10 Å². The van der Waals surface area contributed by atoms with Gasteiger partial charge in [-0.1, -0.05) is 24.6 Å². The summed E-state index contributed by atoms with van der Waals surface area (Å²) < 4.78 is 39.6. The van der Waals surface area contributed by atoms with E-state index in [4.69, 9.17) is 11.6 Å². The number of aromatic amines is 1. The van der Waals surface area contributed by atoms with Crippen LogP contribution in [0.3, 0.4) is 0 Å². The number of aromatic nitrogens is 2. The van der Waals surface area contributed by atoms with Crippen molar-refractivity contribution in [3.05, 3.63) is 51.3 Å². The minimum atomic E-state index is -2.95. The van der Waals surface area contributed by atoms with Gasteiger partial charge in [-0.05, 0) is 42.5 Å². The highest BCUT2D eigenvalue weighted by molar-refractivity contribution is 6.30. The van der Waals surface area contributed by atoms with Crippen molar-refractivity contribution in [3.8, 4) is 0 Å². The van der Waals surface area contributed by atoms with Crippen LogP contribution in [0.1, 0.15) is 59.1 Å². The van der Waals surface area contributed by atoms with Gasteiger partial charge in [-0.3, -0.25) is 9.89 Å². The number of hydrogen-bond donors (Lipinski definition) is 1. The van der Waals surface area contributed by atoms with Gasteiger partial charge in [0.2, 0.25) is 0 Å². The summed E-state index contributed by atoms with van der Waals surface area (Å²) in [5.41, 5.74) is 0.631. The molecule has 0 bridgehead atoms. The van der Waals surface area contributed by atoms with Gasteiger partial charge in [0.1, 0.15) is 12.4 Å². The van der Waals surface area contributed by atoms with Crippen molar-refractivity contribution in [2.24, 2.45) is 0 Å². The van der Waals surface area contributed by atoms with E-state index in [-0.39, 0.29) is 23.8 Å². The standard InChI is InChI=1S/C18H19ClF3N3O/c1-2-10-3-4-12(19)7-11(10)9-25(13-5-6-13)18(26)15-14(8-20)23-24-16(15)17(21)22/h3-4,7,13,17H,2,5-6,8-9H2,1H3,(H,23,24). The Morgan fingerprint density at radius 2 is 2.12 bits per heavy atom. The number of H-pyrrole nitrogens is 1. The van der Waals surface area contributed by atoms with E-state index >= 15 is 0 Å². The lowest BCUT2D eigenvalue weighted by Crippen LogP contribution is -2.34. The SMILES string of the molecule is CCc1ccc(Cl)cc1CN(C(=O)c1c(C(F)F)n[nH]c1CF)C1CC1. The van der Waals surface area contributed by atoms with E-state index in [1.807, 2.05) is 13.0 Å². The molecular weight excluding hydrogens is 367 g/mol. The summed E-state index contributed by atoms with van der Waals surface area (Å²) in [7, 11) is 0. The number of nitrogens with one attached hydrogen (secondary N) is 1. The topological polar surface area (TPSA) is 49.0 Å². The second kappa shape index (κ2) is 7.70. The van der Waals surface area contributed by atoms with E-state index in [1.165, 1.54) is 4.90 Å². The van der Waals surface area contributed by atoms with Gasteiger partial charge in [0.25, 0.3) is 12.3 Å². The van der Waals surface area contributed by atoms with E-state index in [9.17, 15) is 18.0 Å². The number of halogens is 4. The predicted molar refractivity (Wildman–Crippen MR) is 92.1 cm³/mol. The third-order valence-electron chi connectivity index (χ3n) is 4.56.